The number of alkyl halides is 3. The Morgan fingerprint density at radius 2 is 1.86 bits per heavy atom. The second kappa shape index (κ2) is 11.7. The SMILES string of the molecule is CC(=O)OOc1ccc(C)c(-c2nsc3ccc(-n4c(=O)cc(C(F)(F)F)n(C)c4=O)cc23)c1CCN1CCOCC1. The number of halogens is 3. The normalized spacial score (nSPS) is 14.3. The Labute approximate surface area is 241 Å². The number of rotatable bonds is 7. The van der Waals surface area contributed by atoms with Crippen LogP contribution in [0.3, 0.4) is 0 Å². The van der Waals surface area contributed by atoms with Crippen LogP contribution in [0, 0.1) is 6.92 Å². The Hall–Kier alpha value is -4.01. The number of ether oxygens (including phenoxy) is 1. The molecule has 0 amide bonds. The highest BCUT2D eigenvalue weighted by molar-refractivity contribution is 7.13. The lowest BCUT2D eigenvalue weighted by molar-refractivity contribution is -0.211. The summed E-state index contributed by atoms with van der Waals surface area (Å²) in [4.78, 5) is 49.8. The van der Waals surface area contributed by atoms with Crippen LogP contribution in [0.4, 0.5) is 13.2 Å². The minimum absolute atomic E-state index is 0.100. The van der Waals surface area contributed by atoms with Crippen LogP contribution in [-0.2, 0) is 34.1 Å². The molecule has 0 aliphatic carbocycles. The van der Waals surface area contributed by atoms with Gasteiger partial charge in [-0.3, -0.25) is 24.0 Å². The highest BCUT2D eigenvalue weighted by atomic mass is 32.1. The van der Waals surface area contributed by atoms with E-state index < -0.39 is 29.1 Å². The van der Waals surface area contributed by atoms with E-state index in [1.807, 2.05) is 6.92 Å². The maximum Gasteiger partial charge on any atom is 0.431 e. The van der Waals surface area contributed by atoms with E-state index in [1.165, 1.54) is 24.5 Å². The van der Waals surface area contributed by atoms with Gasteiger partial charge in [0, 0.05) is 56.2 Å². The van der Waals surface area contributed by atoms with Crippen molar-refractivity contribution in [3.8, 4) is 22.7 Å². The van der Waals surface area contributed by atoms with Crippen LogP contribution in [-0.4, -0.2) is 57.2 Å². The predicted octanol–water partition coefficient (Wildman–Crippen LogP) is 3.87. The van der Waals surface area contributed by atoms with E-state index in [-0.39, 0.29) is 5.69 Å². The molecule has 0 atom stereocenters. The quantitative estimate of drug-likeness (QED) is 0.231. The number of fused-ring (bicyclic) bond motifs is 1. The summed E-state index contributed by atoms with van der Waals surface area (Å²) in [6, 6.07) is 8.64. The Kier molecular flexibility index (Phi) is 8.21. The molecule has 10 nitrogen and oxygen atoms in total. The molecule has 2 aromatic heterocycles. The van der Waals surface area contributed by atoms with Gasteiger partial charge in [-0.15, -0.1) is 0 Å². The van der Waals surface area contributed by atoms with Crippen molar-refractivity contribution in [1.29, 1.82) is 0 Å². The molecule has 0 unspecified atom stereocenters. The first-order valence-corrected chi connectivity index (χ1v) is 13.8. The lowest BCUT2D eigenvalue weighted by atomic mass is 9.94. The van der Waals surface area contributed by atoms with Crippen LogP contribution >= 0.6 is 11.5 Å². The zero-order valence-corrected chi connectivity index (χ0v) is 23.8. The molecule has 1 aliphatic rings. The standard InChI is InChI=1S/C28H27F3N4O6S/c1-16-4-6-21(41-40-17(2)36)19(8-9-34-10-12-39-13-11-34)25(16)26-20-14-18(5-7-22(20)42-32-26)35-24(37)15-23(28(29,30)31)33(3)27(35)38/h4-7,14-15H,8-13H2,1-3H3. The molecular formula is C28H27F3N4O6S. The number of nitrogens with zero attached hydrogens (tertiary/aromatic N) is 4. The van der Waals surface area contributed by atoms with Crippen molar-refractivity contribution in [3.63, 3.8) is 0 Å². The molecule has 0 radical (unpaired) electrons. The Morgan fingerprint density at radius 3 is 2.55 bits per heavy atom. The molecule has 1 fully saturated rings. The Morgan fingerprint density at radius 1 is 1.12 bits per heavy atom. The average Bonchev–Trinajstić information content (AvgIpc) is 3.36. The number of morpholine rings is 1. The van der Waals surface area contributed by atoms with Crippen molar-refractivity contribution in [1.82, 2.24) is 18.4 Å². The molecule has 42 heavy (non-hydrogen) atoms. The van der Waals surface area contributed by atoms with E-state index in [1.54, 1.807) is 24.3 Å². The van der Waals surface area contributed by atoms with E-state index in [2.05, 4.69) is 9.27 Å². The lowest BCUT2D eigenvalue weighted by Crippen LogP contribution is -2.40. The van der Waals surface area contributed by atoms with Gasteiger partial charge in [0.2, 0.25) is 0 Å². The summed E-state index contributed by atoms with van der Waals surface area (Å²) in [5.41, 5.74) is -0.613. The van der Waals surface area contributed by atoms with E-state index in [0.29, 0.717) is 58.2 Å². The fraction of sp³-hybridized carbons (Fsp3) is 0.357. The minimum Gasteiger partial charge on any atom is -0.379 e. The molecule has 0 N–H and O–H groups in total. The number of benzene rings is 2. The number of aromatic nitrogens is 3. The molecule has 0 bridgehead atoms. The van der Waals surface area contributed by atoms with E-state index in [9.17, 15) is 27.6 Å². The number of hydrogen-bond donors (Lipinski definition) is 0. The first kappa shape index (κ1) is 29.5. The fourth-order valence-corrected chi connectivity index (χ4v) is 5.74. The van der Waals surface area contributed by atoms with Crippen LogP contribution in [0.25, 0.3) is 27.0 Å². The zero-order chi connectivity index (χ0) is 30.2. The Bertz CT molecular complexity index is 1770. The molecule has 5 rings (SSSR count). The third kappa shape index (κ3) is 5.82. The van der Waals surface area contributed by atoms with Crippen LogP contribution in [0.15, 0.2) is 46.0 Å². The summed E-state index contributed by atoms with van der Waals surface area (Å²) in [7, 11) is 0.968. The van der Waals surface area contributed by atoms with Gasteiger partial charge >= 0.3 is 17.8 Å². The molecule has 1 saturated heterocycles. The van der Waals surface area contributed by atoms with Gasteiger partial charge in [0.25, 0.3) is 5.56 Å². The van der Waals surface area contributed by atoms with Crippen molar-refractivity contribution in [2.24, 2.45) is 7.05 Å². The van der Waals surface area contributed by atoms with E-state index in [4.69, 9.17) is 14.5 Å². The predicted molar refractivity (Wildman–Crippen MR) is 149 cm³/mol. The molecule has 0 saturated carbocycles. The number of aryl methyl sites for hydroxylation is 1. The molecule has 14 heteroatoms. The minimum atomic E-state index is -4.87. The lowest BCUT2D eigenvalue weighted by Gasteiger charge is -2.27. The van der Waals surface area contributed by atoms with Crippen LogP contribution in [0.2, 0.25) is 0 Å². The largest absolute Gasteiger partial charge is 0.431 e. The summed E-state index contributed by atoms with van der Waals surface area (Å²) in [5, 5.41) is 0.590. The van der Waals surface area contributed by atoms with Crippen LogP contribution in [0.1, 0.15) is 23.7 Å². The number of carbonyl (C=O) groups excluding carboxylic acids is 1. The van der Waals surface area contributed by atoms with Gasteiger partial charge in [0.05, 0.1) is 29.3 Å². The van der Waals surface area contributed by atoms with Gasteiger partial charge in [-0.2, -0.15) is 17.5 Å². The summed E-state index contributed by atoms with van der Waals surface area (Å²) in [6.45, 7) is 6.57. The van der Waals surface area contributed by atoms with Gasteiger partial charge in [-0.25, -0.2) is 14.2 Å². The highest BCUT2D eigenvalue weighted by Crippen LogP contribution is 2.39. The first-order chi connectivity index (χ1) is 20.0. The Balaban J connectivity index is 1.64. The van der Waals surface area contributed by atoms with Crippen molar-refractivity contribution < 1.29 is 32.5 Å². The molecule has 222 valence electrons. The molecule has 4 aromatic rings. The van der Waals surface area contributed by atoms with Crippen LogP contribution < -0.4 is 16.1 Å². The molecule has 0 spiro atoms. The number of carbonyl (C=O) groups is 1. The van der Waals surface area contributed by atoms with Crippen molar-refractivity contribution in [2.75, 3.05) is 32.8 Å². The van der Waals surface area contributed by atoms with Crippen molar-refractivity contribution in [3.05, 3.63) is 74.1 Å². The van der Waals surface area contributed by atoms with Gasteiger partial charge < -0.3 is 4.74 Å². The summed E-state index contributed by atoms with van der Waals surface area (Å²) < 4.78 is 52.1. The first-order valence-electron chi connectivity index (χ1n) is 13.0. The van der Waals surface area contributed by atoms with Gasteiger partial charge in [-0.05, 0) is 54.7 Å². The number of hydrogen-bond acceptors (Lipinski definition) is 9. The van der Waals surface area contributed by atoms with Crippen molar-refractivity contribution in [2.45, 2.75) is 26.4 Å². The maximum absolute atomic E-state index is 13.4. The fourth-order valence-electron chi connectivity index (χ4n) is 4.98. The smallest absolute Gasteiger partial charge is 0.379 e. The van der Waals surface area contributed by atoms with E-state index >= 15 is 0 Å². The van der Waals surface area contributed by atoms with Crippen molar-refractivity contribution >= 4 is 27.6 Å². The molecule has 1 aliphatic heterocycles. The summed E-state index contributed by atoms with van der Waals surface area (Å²) in [6.07, 6.45) is -4.35. The topological polar surface area (TPSA) is 105 Å². The summed E-state index contributed by atoms with van der Waals surface area (Å²) >= 11 is 1.20. The van der Waals surface area contributed by atoms with Gasteiger partial charge in [-0.1, -0.05) is 6.07 Å². The van der Waals surface area contributed by atoms with Crippen LogP contribution in [0.5, 0.6) is 5.75 Å². The molecular weight excluding hydrogens is 577 g/mol. The zero-order valence-electron chi connectivity index (χ0n) is 23.0. The third-order valence-corrected chi connectivity index (χ3v) is 7.89. The second-order valence-corrected chi connectivity index (χ2v) is 10.7. The second-order valence-electron chi connectivity index (χ2n) is 9.85. The molecule has 2 aromatic carbocycles. The maximum atomic E-state index is 13.4. The highest BCUT2D eigenvalue weighted by Gasteiger charge is 2.35. The average molecular weight is 605 g/mol. The van der Waals surface area contributed by atoms with E-state index in [0.717, 1.165) is 41.5 Å². The third-order valence-electron chi connectivity index (χ3n) is 7.07. The summed E-state index contributed by atoms with van der Waals surface area (Å²) in [5.74, 6) is -0.284. The van der Waals surface area contributed by atoms with Gasteiger partial charge in [0.1, 0.15) is 5.69 Å². The van der Waals surface area contributed by atoms with Gasteiger partial charge in [0.15, 0.2) is 5.75 Å². The molecule has 3 heterocycles. The monoisotopic (exact) mass is 604 g/mol.